The summed E-state index contributed by atoms with van der Waals surface area (Å²) in [5.41, 5.74) is 2.69. The first-order valence-electron chi connectivity index (χ1n) is 8.90. The Kier molecular flexibility index (Phi) is 3.86. The summed E-state index contributed by atoms with van der Waals surface area (Å²) in [6.45, 7) is 1.73. The SMILES string of the molecule is Fc1ncccc1-c1cccc(C2(c3ccsc3)N=CN3CCCN=C32)c1. The summed E-state index contributed by atoms with van der Waals surface area (Å²) < 4.78 is 14.3. The highest BCUT2D eigenvalue weighted by Crippen LogP contribution is 2.42. The Bertz CT molecular complexity index is 1040. The molecular weight excluding hydrogens is 359 g/mol. The van der Waals surface area contributed by atoms with E-state index in [0.717, 1.165) is 42.0 Å². The van der Waals surface area contributed by atoms with E-state index in [1.165, 1.54) is 6.20 Å². The van der Waals surface area contributed by atoms with Gasteiger partial charge in [-0.3, -0.25) is 9.98 Å². The quantitative estimate of drug-likeness (QED) is 0.638. The molecule has 0 fully saturated rings. The first kappa shape index (κ1) is 16.3. The van der Waals surface area contributed by atoms with Crippen LogP contribution in [0, 0.1) is 5.95 Å². The van der Waals surface area contributed by atoms with E-state index in [2.05, 4.69) is 26.7 Å². The van der Waals surface area contributed by atoms with Crippen LogP contribution in [-0.4, -0.2) is 35.1 Å². The Balaban J connectivity index is 1.71. The topological polar surface area (TPSA) is 40.9 Å². The summed E-state index contributed by atoms with van der Waals surface area (Å²) in [5.74, 6) is 0.488. The highest BCUT2D eigenvalue weighted by molar-refractivity contribution is 7.08. The summed E-state index contributed by atoms with van der Waals surface area (Å²) in [6.07, 6.45) is 4.38. The normalized spacial score (nSPS) is 21.2. The lowest BCUT2D eigenvalue weighted by atomic mass is 9.82. The third-order valence-corrected chi connectivity index (χ3v) is 5.78. The van der Waals surface area contributed by atoms with Gasteiger partial charge in [0.1, 0.15) is 5.84 Å². The predicted molar refractivity (Wildman–Crippen MR) is 107 cm³/mol. The van der Waals surface area contributed by atoms with E-state index in [1.54, 1.807) is 23.5 Å². The molecule has 0 spiro atoms. The fourth-order valence-electron chi connectivity index (χ4n) is 3.83. The van der Waals surface area contributed by atoms with Gasteiger partial charge in [0.25, 0.3) is 0 Å². The third-order valence-electron chi connectivity index (χ3n) is 5.09. The Morgan fingerprint density at radius 3 is 2.93 bits per heavy atom. The number of benzene rings is 1. The van der Waals surface area contributed by atoms with Crippen molar-refractivity contribution in [2.24, 2.45) is 9.98 Å². The van der Waals surface area contributed by atoms with Crippen LogP contribution in [-0.2, 0) is 5.54 Å². The lowest BCUT2D eigenvalue weighted by Gasteiger charge is -2.32. The molecule has 1 atom stereocenters. The molecule has 2 aliphatic rings. The lowest BCUT2D eigenvalue weighted by Crippen LogP contribution is -2.42. The summed E-state index contributed by atoms with van der Waals surface area (Å²) in [5, 5.41) is 4.18. The van der Waals surface area contributed by atoms with Crippen LogP contribution in [0.2, 0.25) is 0 Å². The molecule has 0 N–H and O–H groups in total. The van der Waals surface area contributed by atoms with E-state index >= 15 is 0 Å². The minimum absolute atomic E-state index is 0.467. The van der Waals surface area contributed by atoms with Crippen LogP contribution >= 0.6 is 11.3 Å². The van der Waals surface area contributed by atoms with E-state index in [1.807, 2.05) is 30.6 Å². The van der Waals surface area contributed by atoms with Crippen molar-refractivity contribution in [2.75, 3.05) is 13.1 Å². The molecule has 2 aliphatic heterocycles. The van der Waals surface area contributed by atoms with Gasteiger partial charge in [-0.25, -0.2) is 4.98 Å². The van der Waals surface area contributed by atoms with Gasteiger partial charge in [0.05, 0.1) is 6.34 Å². The Hall–Kier alpha value is -2.86. The zero-order valence-electron chi connectivity index (χ0n) is 14.5. The van der Waals surface area contributed by atoms with Crippen LogP contribution < -0.4 is 0 Å². The maximum absolute atomic E-state index is 14.3. The molecular formula is C21H17FN4S. The van der Waals surface area contributed by atoms with Gasteiger partial charge in [-0.15, -0.1) is 0 Å². The van der Waals surface area contributed by atoms with Crippen molar-refractivity contribution in [3.8, 4) is 11.1 Å². The number of nitrogens with zero attached hydrogens (tertiary/aromatic N) is 4. The number of hydrogen-bond donors (Lipinski definition) is 0. The molecule has 0 bridgehead atoms. The largest absolute Gasteiger partial charge is 0.319 e. The Labute approximate surface area is 160 Å². The summed E-state index contributed by atoms with van der Waals surface area (Å²) in [4.78, 5) is 15.7. The van der Waals surface area contributed by atoms with Crippen LogP contribution in [0.25, 0.3) is 11.1 Å². The average molecular weight is 376 g/mol. The number of pyridine rings is 1. The fourth-order valence-corrected chi connectivity index (χ4v) is 4.53. The number of rotatable bonds is 3. The average Bonchev–Trinajstić information content (AvgIpc) is 3.37. The molecule has 0 aliphatic carbocycles. The van der Waals surface area contributed by atoms with Crippen LogP contribution in [0.5, 0.6) is 0 Å². The van der Waals surface area contributed by atoms with Crippen molar-refractivity contribution in [3.63, 3.8) is 0 Å². The molecule has 0 radical (unpaired) electrons. The monoisotopic (exact) mass is 376 g/mol. The van der Waals surface area contributed by atoms with Crippen molar-refractivity contribution < 1.29 is 4.39 Å². The smallest absolute Gasteiger partial charge is 0.220 e. The minimum Gasteiger partial charge on any atom is -0.319 e. The Morgan fingerprint density at radius 1 is 1.11 bits per heavy atom. The van der Waals surface area contributed by atoms with Gasteiger partial charge in [-0.2, -0.15) is 15.7 Å². The minimum atomic E-state index is -0.672. The van der Waals surface area contributed by atoms with Gasteiger partial charge in [0.15, 0.2) is 5.54 Å². The van der Waals surface area contributed by atoms with Gasteiger partial charge < -0.3 is 4.90 Å². The predicted octanol–water partition coefficient (Wildman–Crippen LogP) is 4.34. The van der Waals surface area contributed by atoms with Crippen molar-refractivity contribution in [3.05, 3.63) is 76.5 Å². The van der Waals surface area contributed by atoms with Gasteiger partial charge in [-0.1, -0.05) is 18.2 Å². The van der Waals surface area contributed by atoms with Gasteiger partial charge in [0.2, 0.25) is 5.95 Å². The molecule has 27 heavy (non-hydrogen) atoms. The Morgan fingerprint density at radius 2 is 2.07 bits per heavy atom. The van der Waals surface area contributed by atoms with E-state index in [-0.39, 0.29) is 0 Å². The molecule has 5 rings (SSSR count). The van der Waals surface area contributed by atoms with Crippen LogP contribution in [0.1, 0.15) is 17.5 Å². The van der Waals surface area contributed by atoms with Gasteiger partial charge in [-0.05, 0) is 52.6 Å². The standard InChI is InChI=1S/C21H17FN4S/c22-19-18(6-2-8-23-19)15-4-1-5-16(12-15)21(17-7-11-27-13-17)20-24-9-3-10-26(20)14-25-21/h1-2,4-8,11-14H,3,9-10H2. The van der Waals surface area contributed by atoms with E-state index in [0.29, 0.717) is 5.56 Å². The second-order valence-corrected chi connectivity index (χ2v) is 7.42. The first-order valence-corrected chi connectivity index (χ1v) is 9.84. The summed E-state index contributed by atoms with van der Waals surface area (Å²) >= 11 is 1.64. The molecule has 0 saturated carbocycles. The van der Waals surface area contributed by atoms with Gasteiger partial charge in [0, 0.05) is 30.4 Å². The molecule has 2 aromatic heterocycles. The molecule has 4 nitrogen and oxygen atoms in total. The van der Waals surface area contributed by atoms with Crippen molar-refractivity contribution in [1.29, 1.82) is 0 Å². The van der Waals surface area contributed by atoms with Gasteiger partial charge >= 0.3 is 0 Å². The number of aromatic nitrogens is 1. The maximum atomic E-state index is 14.3. The highest BCUT2D eigenvalue weighted by Gasteiger charge is 2.46. The number of aliphatic imine (C=N–C) groups is 2. The highest BCUT2D eigenvalue weighted by atomic mass is 32.1. The zero-order chi connectivity index (χ0) is 18.3. The molecule has 1 aromatic carbocycles. The van der Waals surface area contributed by atoms with E-state index in [9.17, 15) is 4.39 Å². The maximum Gasteiger partial charge on any atom is 0.220 e. The molecule has 0 amide bonds. The second-order valence-electron chi connectivity index (χ2n) is 6.64. The number of hydrogen-bond acceptors (Lipinski definition) is 5. The molecule has 134 valence electrons. The number of amidine groups is 1. The molecule has 0 saturated heterocycles. The molecule has 3 aromatic rings. The first-order chi connectivity index (χ1) is 13.3. The number of thiophene rings is 1. The van der Waals surface area contributed by atoms with Crippen LogP contribution in [0.3, 0.4) is 0 Å². The molecule has 1 unspecified atom stereocenters. The third kappa shape index (κ3) is 2.51. The summed E-state index contributed by atoms with van der Waals surface area (Å²) in [7, 11) is 0. The lowest BCUT2D eigenvalue weighted by molar-refractivity contribution is 0.542. The van der Waals surface area contributed by atoms with Crippen LogP contribution in [0.4, 0.5) is 4.39 Å². The summed E-state index contributed by atoms with van der Waals surface area (Å²) in [6, 6.07) is 13.5. The van der Waals surface area contributed by atoms with Crippen molar-refractivity contribution in [2.45, 2.75) is 12.0 Å². The van der Waals surface area contributed by atoms with Crippen LogP contribution in [0.15, 0.2) is 69.4 Å². The van der Waals surface area contributed by atoms with E-state index in [4.69, 9.17) is 9.98 Å². The second kappa shape index (κ2) is 6.39. The van der Waals surface area contributed by atoms with E-state index < -0.39 is 11.5 Å². The van der Waals surface area contributed by atoms with Crippen molar-refractivity contribution in [1.82, 2.24) is 9.88 Å². The fraction of sp³-hybridized carbons (Fsp3) is 0.190. The number of halogens is 1. The van der Waals surface area contributed by atoms with Crippen molar-refractivity contribution >= 4 is 23.5 Å². The molecule has 4 heterocycles. The number of fused-ring (bicyclic) bond motifs is 1. The zero-order valence-corrected chi connectivity index (χ0v) is 15.4. The molecule has 6 heteroatoms.